The van der Waals surface area contributed by atoms with Crippen molar-refractivity contribution in [3.63, 3.8) is 0 Å². The lowest BCUT2D eigenvalue weighted by Gasteiger charge is -2.15. The topological polar surface area (TPSA) is 86.6 Å². The summed E-state index contributed by atoms with van der Waals surface area (Å²) in [6.07, 6.45) is 5.50. The summed E-state index contributed by atoms with van der Waals surface area (Å²) in [4.78, 5) is 19.1. The zero-order valence-corrected chi connectivity index (χ0v) is 10.1. The first-order chi connectivity index (χ1) is 8.58. The molecule has 0 aromatic heterocycles. The van der Waals surface area contributed by atoms with Crippen LogP contribution in [0.5, 0.6) is 0 Å². The molecular formula is C13H17NO4. The summed E-state index contributed by atoms with van der Waals surface area (Å²) in [6.45, 7) is 2.50. The van der Waals surface area contributed by atoms with E-state index in [4.69, 9.17) is 10.2 Å². The Balaban J connectivity index is 0.000000139. The van der Waals surface area contributed by atoms with Gasteiger partial charge in [0, 0.05) is 25.2 Å². The summed E-state index contributed by atoms with van der Waals surface area (Å²) in [7, 11) is 0. The highest BCUT2D eigenvalue weighted by molar-refractivity contribution is 5.89. The lowest BCUT2D eigenvalue weighted by atomic mass is 9.89. The summed E-state index contributed by atoms with van der Waals surface area (Å²) in [6, 6.07) is 0. The van der Waals surface area contributed by atoms with Crippen molar-refractivity contribution in [2.24, 2.45) is 11.8 Å². The van der Waals surface area contributed by atoms with Crippen LogP contribution in [-0.2, 0) is 9.59 Å². The molecule has 0 spiro atoms. The number of fused-ring (bicyclic) bond motifs is 4. The third-order valence-corrected chi connectivity index (χ3v) is 3.84. The van der Waals surface area contributed by atoms with Gasteiger partial charge in [-0.3, -0.25) is 0 Å². The Labute approximate surface area is 105 Å². The zero-order valence-electron chi connectivity index (χ0n) is 10.1. The third kappa shape index (κ3) is 2.79. The van der Waals surface area contributed by atoms with Crippen LogP contribution in [0.3, 0.4) is 0 Å². The van der Waals surface area contributed by atoms with Crippen LogP contribution in [0.15, 0.2) is 23.3 Å². The van der Waals surface area contributed by atoms with Crippen LogP contribution in [0.1, 0.15) is 19.3 Å². The Kier molecular flexibility index (Phi) is 3.81. The van der Waals surface area contributed by atoms with E-state index in [1.165, 1.54) is 32.4 Å². The first-order valence-corrected chi connectivity index (χ1v) is 6.13. The van der Waals surface area contributed by atoms with Crippen molar-refractivity contribution in [1.82, 2.24) is 5.32 Å². The quantitative estimate of drug-likeness (QED) is 0.504. The van der Waals surface area contributed by atoms with Gasteiger partial charge < -0.3 is 15.5 Å². The van der Waals surface area contributed by atoms with E-state index in [0.717, 1.165) is 11.8 Å². The minimum Gasteiger partial charge on any atom is -0.478 e. The highest BCUT2D eigenvalue weighted by Crippen LogP contribution is 2.49. The molecule has 1 saturated heterocycles. The first kappa shape index (κ1) is 12.8. The molecule has 3 aliphatic rings. The van der Waals surface area contributed by atoms with E-state index in [0.29, 0.717) is 12.2 Å². The molecule has 0 radical (unpaired) electrons. The molecule has 1 heterocycles. The Morgan fingerprint density at radius 3 is 2.44 bits per heavy atom. The van der Waals surface area contributed by atoms with Crippen molar-refractivity contribution in [3.8, 4) is 0 Å². The number of allylic oxidation sites excluding steroid dienone is 1. The Bertz CT molecular complexity index is 409. The maximum atomic E-state index is 9.55. The van der Waals surface area contributed by atoms with Crippen LogP contribution in [0.2, 0.25) is 0 Å². The fourth-order valence-electron chi connectivity index (χ4n) is 3.11. The monoisotopic (exact) mass is 251 g/mol. The van der Waals surface area contributed by atoms with E-state index in [1.54, 1.807) is 5.57 Å². The SMILES string of the molecule is C1CC2CC1=C1CNCC12.O=C(O)/C=C/C(=O)O. The average Bonchev–Trinajstić information content (AvgIpc) is 2.99. The lowest BCUT2D eigenvalue weighted by molar-refractivity contribution is -0.134. The molecule has 2 bridgehead atoms. The first-order valence-electron chi connectivity index (χ1n) is 6.13. The Morgan fingerprint density at radius 1 is 1.22 bits per heavy atom. The number of carbonyl (C=O) groups is 2. The van der Waals surface area contributed by atoms with E-state index < -0.39 is 11.9 Å². The van der Waals surface area contributed by atoms with Crippen LogP contribution in [-0.4, -0.2) is 35.2 Å². The van der Waals surface area contributed by atoms with E-state index in [-0.39, 0.29) is 0 Å². The van der Waals surface area contributed by atoms with Gasteiger partial charge >= 0.3 is 11.9 Å². The van der Waals surface area contributed by atoms with E-state index in [1.807, 2.05) is 5.57 Å². The second kappa shape index (κ2) is 5.35. The van der Waals surface area contributed by atoms with Crippen molar-refractivity contribution in [2.75, 3.05) is 13.1 Å². The van der Waals surface area contributed by atoms with Crippen LogP contribution in [0.25, 0.3) is 0 Å². The number of carboxylic acid groups (broad SMARTS) is 2. The lowest BCUT2D eigenvalue weighted by Crippen LogP contribution is -2.14. The fourth-order valence-corrected chi connectivity index (χ4v) is 3.11. The number of aliphatic carboxylic acids is 2. The molecule has 2 fully saturated rings. The second-order valence-electron chi connectivity index (χ2n) is 4.88. The van der Waals surface area contributed by atoms with Gasteiger partial charge in [0.15, 0.2) is 0 Å². The molecule has 2 aliphatic carbocycles. The van der Waals surface area contributed by atoms with Gasteiger partial charge in [-0.15, -0.1) is 0 Å². The largest absolute Gasteiger partial charge is 0.478 e. The number of hydrogen-bond acceptors (Lipinski definition) is 3. The van der Waals surface area contributed by atoms with Crippen molar-refractivity contribution in [3.05, 3.63) is 23.3 Å². The molecule has 2 unspecified atom stereocenters. The molecule has 3 N–H and O–H groups in total. The molecule has 5 heteroatoms. The Morgan fingerprint density at radius 2 is 1.89 bits per heavy atom. The second-order valence-corrected chi connectivity index (χ2v) is 4.88. The van der Waals surface area contributed by atoms with Gasteiger partial charge in [0.2, 0.25) is 0 Å². The van der Waals surface area contributed by atoms with Gasteiger partial charge in [-0.05, 0) is 31.1 Å². The van der Waals surface area contributed by atoms with E-state index in [9.17, 15) is 9.59 Å². The number of hydrogen-bond donors (Lipinski definition) is 3. The van der Waals surface area contributed by atoms with Crippen molar-refractivity contribution >= 4 is 11.9 Å². The van der Waals surface area contributed by atoms with Crippen molar-refractivity contribution in [1.29, 1.82) is 0 Å². The summed E-state index contributed by atoms with van der Waals surface area (Å²) < 4.78 is 0. The van der Waals surface area contributed by atoms with Crippen molar-refractivity contribution in [2.45, 2.75) is 19.3 Å². The molecule has 0 amide bonds. The Hall–Kier alpha value is -1.62. The number of nitrogens with one attached hydrogen (secondary N) is 1. The van der Waals surface area contributed by atoms with Gasteiger partial charge in [0.25, 0.3) is 0 Å². The highest BCUT2D eigenvalue weighted by atomic mass is 16.4. The molecule has 98 valence electrons. The predicted molar refractivity (Wildman–Crippen MR) is 65.1 cm³/mol. The molecule has 3 rings (SSSR count). The summed E-state index contributed by atoms with van der Waals surface area (Å²) in [5.41, 5.74) is 3.62. The van der Waals surface area contributed by atoms with E-state index >= 15 is 0 Å². The summed E-state index contributed by atoms with van der Waals surface area (Å²) >= 11 is 0. The molecule has 5 nitrogen and oxygen atoms in total. The van der Waals surface area contributed by atoms with Crippen LogP contribution in [0.4, 0.5) is 0 Å². The molecule has 18 heavy (non-hydrogen) atoms. The highest BCUT2D eigenvalue weighted by Gasteiger charge is 2.40. The average molecular weight is 251 g/mol. The van der Waals surface area contributed by atoms with Crippen LogP contribution in [0, 0.1) is 11.8 Å². The molecule has 1 saturated carbocycles. The number of carboxylic acids is 2. The van der Waals surface area contributed by atoms with Gasteiger partial charge in [0.05, 0.1) is 0 Å². The molecule has 2 atom stereocenters. The van der Waals surface area contributed by atoms with Gasteiger partial charge in [-0.2, -0.15) is 0 Å². The predicted octanol–water partition coefficient (Wildman–Crippen LogP) is 1.03. The molecular weight excluding hydrogens is 234 g/mol. The zero-order chi connectivity index (χ0) is 13.1. The van der Waals surface area contributed by atoms with Crippen LogP contribution < -0.4 is 5.32 Å². The fraction of sp³-hybridized carbons (Fsp3) is 0.538. The normalized spacial score (nSPS) is 28.2. The minimum atomic E-state index is -1.26. The van der Waals surface area contributed by atoms with Gasteiger partial charge in [0.1, 0.15) is 0 Å². The van der Waals surface area contributed by atoms with E-state index in [2.05, 4.69) is 5.32 Å². The van der Waals surface area contributed by atoms with Crippen molar-refractivity contribution < 1.29 is 19.8 Å². The standard InChI is InChI=1S/C9H13N.C4H4O4/c1-2-7-3-6(1)8-4-10-5-9(7)8;5-3(6)1-2-4(7)8/h6,8,10H,1-5H2;1-2H,(H,5,6)(H,7,8)/b;2-1+. The minimum absolute atomic E-state index is 0.558. The van der Waals surface area contributed by atoms with Crippen LogP contribution >= 0.6 is 0 Å². The smallest absolute Gasteiger partial charge is 0.328 e. The van der Waals surface area contributed by atoms with Gasteiger partial charge in [-0.1, -0.05) is 11.1 Å². The summed E-state index contributed by atoms with van der Waals surface area (Å²) in [5, 5.41) is 19.1. The molecule has 0 aromatic rings. The molecule has 0 aromatic carbocycles. The number of rotatable bonds is 2. The maximum Gasteiger partial charge on any atom is 0.328 e. The third-order valence-electron chi connectivity index (χ3n) is 3.84. The molecule has 1 aliphatic heterocycles. The summed E-state index contributed by atoms with van der Waals surface area (Å²) in [5.74, 6) is -0.483. The van der Waals surface area contributed by atoms with Gasteiger partial charge in [-0.25, -0.2) is 9.59 Å². The maximum absolute atomic E-state index is 9.55.